The summed E-state index contributed by atoms with van der Waals surface area (Å²) < 4.78 is 27.4. The van der Waals surface area contributed by atoms with Crippen LogP contribution in [0.5, 0.6) is 0 Å². The molecule has 1 fully saturated rings. The van der Waals surface area contributed by atoms with E-state index in [1.807, 2.05) is 30.5 Å². The SMILES string of the molecule is Cc1ccccc1S(=O)(=O)N1CCCC1c1ccsc1. The molecule has 0 aliphatic carbocycles. The molecular formula is C15H17NO2S2. The lowest BCUT2D eigenvalue weighted by Gasteiger charge is -2.24. The van der Waals surface area contributed by atoms with Crippen molar-refractivity contribution in [2.75, 3.05) is 6.54 Å². The third-order valence-electron chi connectivity index (χ3n) is 3.81. The molecule has 0 radical (unpaired) electrons. The lowest BCUT2D eigenvalue weighted by atomic mass is 10.1. The zero-order valence-corrected chi connectivity index (χ0v) is 13.0. The van der Waals surface area contributed by atoms with Crippen LogP contribution >= 0.6 is 11.3 Å². The molecule has 2 aromatic rings. The number of aryl methyl sites for hydroxylation is 1. The lowest BCUT2D eigenvalue weighted by molar-refractivity contribution is 0.397. The number of nitrogens with zero attached hydrogens (tertiary/aromatic N) is 1. The van der Waals surface area contributed by atoms with Crippen LogP contribution in [0.3, 0.4) is 0 Å². The summed E-state index contributed by atoms with van der Waals surface area (Å²) in [6.45, 7) is 2.46. The van der Waals surface area contributed by atoms with Crippen LogP contribution < -0.4 is 0 Å². The fourth-order valence-corrected chi connectivity index (χ4v) is 5.41. The molecule has 0 amide bonds. The van der Waals surface area contributed by atoms with E-state index in [1.165, 1.54) is 0 Å². The van der Waals surface area contributed by atoms with Gasteiger partial charge in [-0.1, -0.05) is 18.2 Å². The first-order chi connectivity index (χ1) is 9.60. The van der Waals surface area contributed by atoms with E-state index in [1.54, 1.807) is 27.8 Å². The first kappa shape index (κ1) is 13.8. The van der Waals surface area contributed by atoms with Gasteiger partial charge in [0.1, 0.15) is 0 Å². The Balaban J connectivity index is 2.01. The van der Waals surface area contributed by atoms with Crippen molar-refractivity contribution in [1.82, 2.24) is 4.31 Å². The monoisotopic (exact) mass is 307 g/mol. The third-order valence-corrected chi connectivity index (χ3v) is 6.58. The Bertz CT molecular complexity index is 692. The molecule has 0 bridgehead atoms. The molecule has 0 spiro atoms. The van der Waals surface area contributed by atoms with Crippen molar-refractivity contribution < 1.29 is 8.42 Å². The molecule has 2 heterocycles. The van der Waals surface area contributed by atoms with Gasteiger partial charge in [0.2, 0.25) is 10.0 Å². The third kappa shape index (κ3) is 2.30. The largest absolute Gasteiger partial charge is 0.243 e. The first-order valence-electron chi connectivity index (χ1n) is 6.70. The van der Waals surface area contributed by atoms with Crippen LogP contribution in [0.4, 0.5) is 0 Å². The summed E-state index contributed by atoms with van der Waals surface area (Å²) in [5.41, 5.74) is 1.92. The molecule has 1 aliphatic heterocycles. The van der Waals surface area contributed by atoms with Crippen molar-refractivity contribution in [2.45, 2.75) is 30.7 Å². The summed E-state index contributed by atoms with van der Waals surface area (Å²) in [6.07, 6.45) is 1.83. The van der Waals surface area contributed by atoms with Crippen LogP contribution in [0.1, 0.15) is 30.0 Å². The topological polar surface area (TPSA) is 37.4 Å². The second-order valence-electron chi connectivity index (χ2n) is 5.10. The number of thiophene rings is 1. The normalized spacial score (nSPS) is 20.4. The Labute approximate surface area is 123 Å². The Kier molecular flexibility index (Phi) is 3.67. The van der Waals surface area contributed by atoms with E-state index < -0.39 is 10.0 Å². The fraction of sp³-hybridized carbons (Fsp3) is 0.333. The molecule has 20 heavy (non-hydrogen) atoms. The van der Waals surface area contributed by atoms with Crippen LogP contribution in [0.2, 0.25) is 0 Å². The van der Waals surface area contributed by atoms with E-state index in [9.17, 15) is 8.42 Å². The van der Waals surface area contributed by atoms with Gasteiger partial charge < -0.3 is 0 Å². The van der Waals surface area contributed by atoms with Crippen molar-refractivity contribution in [1.29, 1.82) is 0 Å². The van der Waals surface area contributed by atoms with Gasteiger partial charge in [0, 0.05) is 6.54 Å². The summed E-state index contributed by atoms with van der Waals surface area (Å²) in [4.78, 5) is 0.433. The highest BCUT2D eigenvalue weighted by Gasteiger charge is 2.36. The molecule has 0 saturated carbocycles. The minimum absolute atomic E-state index is 0.00847. The highest BCUT2D eigenvalue weighted by Crippen LogP contribution is 2.37. The molecule has 3 nitrogen and oxygen atoms in total. The van der Waals surface area contributed by atoms with Gasteiger partial charge in [-0.25, -0.2) is 8.42 Å². The van der Waals surface area contributed by atoms with Crippen LogP contribution in [0, 0.1) is 6.92 Å². The second kappa shape index (κ2) is 5.31. The van der Waals surface area contributed by atoms with Gasteiger partial charge >= 0.3 is 0 Å². The molecule has 1 atom stereocenters. The van der Waals surface area contributed by atoms with Crippen molar-refractivity contribution >= 4 is 21.4 Å². The molecule has 5 heteroatoms. The molecule has 1 aliphatic rings. The maximum Gasteiger partial charge on any atom is 0.243 e. The van der Waals surface area contributed by atoms with Gasteiger partial charge in [-0.05, 0) is 53.8 Å². The van der Waals surface area contributed by atoms with Gasteiger partial charge in [-0.3, -0.25) is 0 Å². The predicted octanol–water partition coefficient (Wildman–Crippen LogP) is 3.58. The van der Waals surface area contributed by atoms with E-state index >= 15 is 0 Å². The smallest absolute Gasteiger partial charge is 0.207 e. The molecule has 1 unspecified atom stereocenters. The van der Waals surface area contributed by atoms with Gasteiger partial charge in [-0.2, -0.15) is 15.6 Å². The Morgan fingerprint density at radius 3 is 2.75 bits per heavy atom. The number of benzene rings is 1. The molecule has 0 N–H and O–H groups in total. The number of hydrogen-bond acceptors (Lipinski definition) is 3. The van der Waals surface area contributed by atoms with E-state index in [2.05, 4.69) is 5.38 Å². The zero-order chi connectivity index (χ0) is 14.2. The predicted molar refractivity (Wildman–Crippen MR) is 81.4 cm³/mol. The summed E-state index contributed by atoms with van der Waals surface area (Å²) in [7, 11) is -3.41. The standard InChI is InChI=1S/C15H17NO2S2/c1-12-5-2-3-7-15(12)20(17,18)16-9-4-6-14(16)13-8-10-19-11-13/h2-3,5,7-8,10-11,14H,4,6,9H2,1H3. The fourth-order valence-electron chi connectivity index (χ4n) is 2.80. The summed E-state index contributed by atoms with van der Waals surface area (Å²) in [6, 6.07) is 9.23. The van der Waals surface area contributed by atoms with Crippen molar-refractivity contribution in [3.8, 4) is 0 Å². The number of hydrogen-bond donors (Lipinski definition) is 0. The Morgan fingerprint density at radius 1 is 1.25 bits per heavy atom. The Hall–Kier alpha value is -1.17. The van der Waals surface area contributed by atoms with Crippen LogP contribution in [0.25, 0.3) is 0 Å². The van der Waals surface area contributed by atoms with Gasteiger partial charge in [0.15, 0.2) is 0 Å². The van der Waals surface area contributed by atoms with Crippen LogP contribution in [-0.4, -0.2) is 19.3 Å². The second-order valence-corrected chi connectivity index (χ2v) is 7.73. The van der Waals surface area contributed by atoms with Crippen molar-refractivity contribution in [3.63, 3.8) is 0 Å². The van der Waals surface area contributed by atoms with E-state index in [0.29, 0.717) is 11.4 Å². The lowest BCUT2D eigenvalue weighted by Crippen LogP contribution is -2.31. The highest BCUT2D eigenvalue weighted by atomic mass is 32.2. The van der Waals surface area contributed by atoms with Gasteiger partial charge in [0.05, 0.1) is 10.9 Å². The molecule has 1 saturated heterocycles. The quantitative estimate of drug-likeness (QED) is 0.869. The summed E-state index contributed by atoms with van der Waals surface area (Å²) >= 11 is 1.62. The summed E-state index contributed by atoms with van der Waals surface area (Å²) in [5, 5.41) is 4.06. The average Bonchev–Trinajstić information content (AvgIpc) is 3.10. The zero-order valence-electron chi connectivity index (χ0n) is 11.3. The van der Waals surface area contributed by atoms with Crippen molar-refractivity contribution in [3.05, 3.63) is 52.2 Å². The number of sulfonamides is 1. The molecule has 1 aromatic carbocycles. The minimum Gasteiger partial charge on any atom is -0.207 e. The van der Waals surface area contributed by atoms with E-state index in [0.717, 1.165) is 24.0 Å². The summed E-state index contributed by atoms with van der Waals surface area (Å²) in [5.74, 6) is 0. The van der Waals surface area contributed by atoms with Gasteiger partial charge in [-0.15, -0.1) is 0 Å². The van der Waals surface area contributed by atoms with E-state index in [-0.39, 0.29) is 6.04 Å². The molecule has 3 rings (SSSR count). The maximum absolute atomic E-state index is 12.9. The molecule has 1 aromatic heterocycles. The maximum atomic E-state index is 12.9. The molecule has 106 valence electrons. The highest BCUT2D eigenvalue weighted by molar-refractivity contribution is 7.89. The van der Waals surface area contributed by atoms with Crippen LogP contribution in [0.15, 0.2) is 46.0 Å². The minimum atomic E-state index is -3.41. The average molecular weight is 307 g/mol. The number of rotatable bonds is 3. The van der Waals surface area contributed by atoms with Gasteiger partial charge in [0.25, 0.3) is 0 Å². The van der Waals surface area contributed by atoms with Crippen molar-refractivity contribution in [2.24, 2.45) is 0 Å². The Morgan fingerprint density at radius 2 is 2.05 bits per heavy atom. The van der Waals surface area contributed by atoms with E-state index in [4.69, 9.17) is 0 Å². The first-order valence-corrected chi connectivity index (χ1v) is 9.08. The van der Waals surface area contributed by atoms with Crippen LogP contribution in [-0.2, 0) is 10.0 Å². The molecular weight excluding hydrogens is 290 g/mol.